The molecule has 0 aliphatic rings. The van der Waals surface area contributed by atoms with Crippen molar-refractivity contribution in [2.75, 3.05) is 25.4 Å². The van der Waals surface area contributed by atoms with E-state index in [2.05, 4.69) is 15.6 Å². The highest BCUT2D eigenvalue weighted by molar-refractivity contribution is 5.98. The number of halogens is 1. The number of aryl methyl sites for hydroxylation is 1. The number of amides is 1. The molecule has 0 unspecified atom stereocenters. The van der Waals surface area contributed by atoms with Gasteiger partial charge in [-0.2, -0.15) is 0 Å². The van der Waals surface area contributed by atoms with Gasteiger partial charge in [-0.15, -0.1) is 0 Å². The molecule has 5 N–H and O–H groups in total. The first-order valence-electron chi connectivity index (χ1n) is 8.35. The number of aromatic amines is 1. The van der Waals surface area contributed by atoms with E-state index in [1.165, 1.54) is 18.2 Å². The molecule has 5 nitrogen and oxygen atoms in total. The Labute approximate surface area is 147 Å². The first-order valence-corrected chi connectivity index (χ1v) is 8.35. The Morgan fingerprint density at radius 1 is 1.28 bits per heavy atom. The topological polar surface area (TPSA) is 82.9 Å². The Balaban J connectivity index is 2.17. The number of hydrogen-bond acceptors (Lipinski definition) is 3. The minimum atomic E-state index is -0.339. The van der Waals surface area contributed by atoms with Gasteiger partial charge in [-0.05, 0) is 50.2 Å². The standard InChI is InChI=1S/C19H25FN4O/c1-4-22-9-10-23-19(25)18-12(2)17(24-13(18)3)8-5-14-11-15(20)6-7-16(14)21/h5-8,11,22,24H,4,9-10,21H2,1-3H3,(H,23,25)/b8-5+. The van der Waals surface area contributed by atoms with Gasteiger partial charge in [-0.1, -0.05) is 13.0 Å². The number of benzene rings is 1. The van der Waals surface area contributed by atoms with E-state index in [1.54, 1.807) is 6.08 Å². The van der Waals surface area contributed by atoms with E-state index in [-0.39, 0.29) is 11.7 Å². The molecule has 1 aromatic heterocycles. The molecule has 0 radical (unpaired) electrons. The predicted molar refractivity (Wildman–Crippen MR) is 101 cm³/mol. The first-order chi connectivity index (χ1) is 11.9. The number of aromatic nitrogens is 1. The van der Waals surface area contributed by atoms with Gasteiger partial charge in [0.25, 0.3) is 5.91 Å². The van der Waals surface area contributed by atoms with Gasteiger partial charge in [0.15, 0.2) is 0 Å². The van der Waals surface area contributed by atoms with Crippen molar-refractivity contribution in [3.63, 3.8) is 0 Å². The van der Waals surface area contributed by atoms with Crippen molar-refractivity contribution in [3.05, 3.63) is 52.1 Å². The average molecular weight is 344 g/mol. The molecule has 0 spiro atoms. The van der Waals surface area contributed by atoms with Crippen LogP contribution >= 0.6 is 0 Å². The fourth-order valence-corrected chi connectivity index (χ4v) is 2.67. The van der Waals surface area contributed by atoms with Crippen LogP contribution in [0.25, 0.3) is 12.2 Å². The van der Waals surface area contributed by atoms with E-state index >= 15 is 0 Å². The summed E-state index contributed by atoms with van der Waals surface area (Å²) in [5.41, 5.74) is 10.1. The van der Waals surface area contributed by atoms with Gasteiger partial charge in [0, 0.05) is 35.7 Å². The summed E-state index contributed by atoms with van der Waals surface area (Å²) >= 11 is 0. The third-order valence-electron chi connectivity index (χ3n) is 4.02. The van der Waals surface area contributed by atoms with Crippen molar-refractivity contribution in [1.29, 1.82) is 0 Å². The molecule has 0 aliphatic heterocycles. The van der Waals surface area contributed by atoms with Crippen LogP contribution in [0.3, 0.4) is 0 Å². The lowest BCUT2D eigenvalue weighted by atomic mass is 10.1. The zero-order chi connectivity index (χ0) is 18.4. The minimum absolute atomic E-state index is 0.103. The van der Waals surface area contributed by atoms with E-state index in [0.29, 0.717) is 23.4 Å². The fourth-order valence-electron chi connectivity index (χ4n) is 2.67. The molecule has 0 saturated carbocycles. The quantitative estimate of drug-likeness (QED) is 0.460. The number of carbonyl (C=O) groups excluding carboxylic acids is 1. The molecule has 1 heterocycles. The summed E-state index contributed by atoms with van der Waals surface area (Å²) in [7, 11) is 0. The van der Waals surface area contributed by atoms with Crippen LogP contribution in [0.15, 0.2) is 18.2 Å². The Hall–Kier alpha value is -2.60. The highest BCUT2D eigenvalue weighted by atomic mass is 19.1. The van der Waals surface area contributed by atoms with Crippen molar-refractivity contribution in [2.45, 2.75) is 20.8 Å². The summed E-state index contributed by atoms with van der Waals surface area (Å²) in [5.74, 6) is -0.442. The average Bonchev–Trinajstić information content (AvgIpc) is 2.86. The largest absolute Gasteiger partial charge is 0.398 e. The molecule has 2 rings (SSSR count). The molecular weight excluding hydrogens is 319 g/mol. The van der Waals surface area contributed by atoms with Crippen LogP contribution in [-0.2, 0) is 0 Å². The summed E-state index contributed by atoms with van der Waals surface area (Å²) in [5, 5.41) is 6.07. The number of carbonyl (C=O) groups is 1. The monoisotopic (exact) mass is 344 g/mol. The highest BCUT2D eigenvalue weighted by Crippen LogP contribution is 2.21. The Morgan fingerprint density at radius 3 is 2.76 bits per heavy atom. The van der Waals surface area contributed by atoms with Crippen molar-refractivity contribution in [3.8, 4) is 0 Å². The van der Waals surface area contributed by atoms with E-state index in [0.717, 1.165) is 30.0 Å². The molecule has 0 aliphatic carbocycles. The molecule has 25 heavy (non-hydrogen) atoms. The number of H-pyrrole nitrogens is 1. The van der Waals surface area contributed by atoms with Crippen LogP contribution in [0.2, 0.25) is 0 Å². The summed E-state index contributed by atoms with van der Waals surface area (Å²) in [6, 6.07) is 4.24. The molecule has 0 fully saturated rings. The van der Waals surface area contributed by atoms with Crippen LogP contribution in [0.1, 0.15) is 39.8 Å². The number of nitrogens with one attached hydrogen (secondary N) is 3. The third kappa shape index (κ3) is 4.70. The van der Waals surface area contributed by atoms with Crippen molar-refractivity contribution in [2.24, 2.45) is 0 Å². The number of anilines is 1. The predicted octanol–water partition coefficient (Wildman–Crippen LogP) is 2.86. The second kappa shape index (κ2) is 8.48. The lowest BCUT2D eigenvalue weighted by Gasteiger charge is -2.06. The minimum Gasteiger partial charge on any atom is -0.398 e. The zero-order valence-corrected chi connectivity index (χ0v) is 14.9. The molecule has 0 bridgehead atoms. The third-order valence-corrected chi connectivity index (χ3v) is 4.02. The van der Waals surface area contributed by atoms with Crippen LogP contribution < -0.4 is 16.4 Å². The van der Waals surface area contributed by atoms with Gasteiger partial charge in [0.2, 0.25) is 0 Å². The van der Waals surface area contributed by atoms with Crippen LogP contribution in [0.5, 0.6) is 0 Å². The fraction of sp³-hybridized carbons (Fsp3) is 0.316. The molecule has 0 saturated heterocycles. The van der Waals surface area contributed by atoms with Gasteiger partial charge in [0.1, 0.15) is 5.82 Å². The van der Waals surface area contributed by atoms with Gasteiger partial charge in [-0.3, -0.25) is 4.79 Å². The molecular formula is C19H25FN4O. The second-order valence-electron chi connectivity index (χ2n) is 5.88. The van der Waals surface area contributed by atoms with Gasteiger partial charge < -0.3 is 21.4 Å². The smallest absolute Gasteiger partial charge is 0.253 e. The van der Waals surface area contributed by atoms with Crippen LogP contribution in [-0.4, -0.2) is 30.5 Å². The number of nitrogen functional groups attached to an aromatic ring is 1. The summed E-state index contributed by atoms with van der Waals surface area (Å²) in [6.07, 6.45) is 3.55. The molecule has 6 heteroatoms. The Bertz CT molecular complexity index is 780. The zero-order valence-electron chi connectivity index (χ0n) is 14.9. The number of likely N-dealkylation sites (N-methyl/N-ethyl adjacent to an activating group) is 1. The highest BCUT2D eigenvalue weighted by Gasteiger charge is 2.16. The van der Waals surface area contributed by atoms with Gasteiger partial charge in [0.05, 0.1) is 5.56 Å². The lowest BCUT2D eigenvalue weighted by molar-refractivity contribution is 0.0953. The number of rotatable bonds is 7. The maximum Gasteiger partial charge on any atom is 0.253 e. The Morgan fingerprint density at radius 2 is 2.04 bits per heavy atom. The summed E-state index contributed by atoms with van der Waals surface area (Å²) in [4.78, 5) is 15.6. The van der Waals surface area contributed by atoms with E-state index in [1.807, 2.05) is 26.8 Å². The SMILES string of the molecule is CCNCCNC(=O)c1c(C)[nH]c(/C=C/c2cc(F)ccc2N)c1C. The molecule has 134 valence electrons. The lowest BCUT2D eigenvalue weighted by Crippen LogP contribution is -2.32. The van der Waals surface area contributed by atoms with Crippen molar-refractivity contribution >= 4 is 23.7 Å². The molecule has 1 aromatic carbocycles. The molecule has 2 aromatic rings. The summed E-state index contributed by atoms with van der Waals surface area (Å²) in [6.45, 7) is 7.94. The molecule has 1 amide bonds. The van der Waals surface area contributed by atoms with Gasteiger partial charge >= 0.3 is 0 Å². The van der Waals surface area contributed by atoms with E-state index in [4.69, 9.17) is 5.73 Å². The maximum atomic E-state index is 13.3. The number of nitrogens with two attached hydrogens (primary N) is 1. The van der Waals surface area contributed by atoms with Crippen LogP contribution in [0, 0.1) is 19.7 Å². The maximum absolute atomic E-state index is 13.3. The van der Waals surface area contributed by atoms with Gasteiger partial charge in [-0.25, -0.2) is 4.39 Å². The summed E-state index contributed by atoms with van der Waals surface area (Å²) < 4.78 is 13.3. The van der Waals surface area contributed by atoms with Crippen molar-refractivity contribution in [1.82, 2.24) is 15.6 Å². The Kier molecular flexibility index (Phi) is 6.36. The first kappa shape index (κ1) is 18.7. The van der Waals surface area contributed by atoms with Crippen molar-refractivity contribution < 1.29 is 9.18 Å². The normalized spacial score (nSPS) is 11.2. The van der Waals surface area contributed by atoms with Crippen LogP contribution in [0.4, 0.5) is 10.1 Å². The molecule has 0 atom stereocenters. The second-order valence-corrected chi connectivity index (χ2v) is 5.88. The number of hydrogen-bond donors (Lipinski definition) is 4. The van der Waals surface area contributed by atoms with E-state index < -0.39 is 0 Å². The van der Waals surface area contributed by atoms with E-state index in [9.17, 15) is 9.18 Å².